The number of carbonyl (C=O) groups is 1. The molecule has 2 rings (SSSR count). The van der Waals surface area contributed by atoms with Gasteiger partial charge in [0.15, 0.2) is 0 Å². The Hall–Kier alpha value is -2.50. The second-order valence-corrected chi connectivity index (χ2v) is 4.51. The molecule has 0 spiro atoms. The van der Waals surface area contributed by atoms with Crippen LogP contribution < -0.4 is 10.1 Å². The molecule has 1 aromatic carbocycles. The lowest BCUT2D eigenvalue weighted by Gasteiger charge is -2.18. The molecule has 0 aliphatic rings. The fraction of sp³-hybridized carbons (Fsp3) is 0.286. The van der Waals surface area contributed by atoms with Gasteiger partial charge in [-0.05, 0) is 12.1 Å². The van der Waals surface area contributed by atoms with Gasteiger partial charge in [0.1, 0.15) is 5.75 Å². The molecule has 0 radical (unpaired) electrons. The summed E-state index contributed by atoms with van der Waals surface area (Å²) in [4.78, 5) is 13.7. The molecule has 0 aliphatic heterocycles. The van der Waals surface area contributed by atoms with Crippen LogP contribution in [0.5, 0.6) is 5.75 Å². The van der Waals surface area contributed by atoms with Crippen molar-refractivity contribution in [2.75, 3.05) is 19.5 Å². The Kier molecular flexibility index (Phi) is 4.24. The third-order valence-electron chi connectivity index (χ3n) is 2.87. The van der Waals surface area contributed by atoms with Crippen LogP contribution >= 0.6 is 0 Å². The molecule has 2 aromatic rings. The first-order valence-electron chi connectivity index (χ1n) is 6.23. The highest BCUT2D eigenvalue weighted by Gasteiger charge is 2.12. The van der Waals surface area contributed by atoms with Gasteiger partial charge in [-0.2, -0.15) is 5.10 Å². The summed E-state index contributed by atoms with van der Waals surface area (Å²) in [5.74, 6) is 0.635. The molecule has 1 N–H and O–H groups in total. The third-order valence-corrected chi connectivity index (χ3v) is 2.87. The van der Waals surface area contributed by atoms with E-state index in [0.717, 1.165) is 5.56 Å². The molecule has 20 heavy (non-hydrogen) atoms. The standard InChI is InChI=1S/C14H18N4O2/c1-17(9-11-8-15-18(2)10-11)14(19)16-12-6-4-5-7-13(12)20-3/h4-8,10H,9H2,1-3H3,(H,16,19). The molecule has 1 heterocycles. The summed E-state index contributed by atoms with van der Waals surface area (Å²) in [6.45, 7) is 0.495. The maximum absolute atomic E-state index is 12.1. The molecule has 0 unspecified atom stereocenters. The van der Waals surface area contributed by atoms with Gasteiger partial charge >= 0.3 is 6.03 Å². The van der Waals surface area contributed by atoms with Crippen LogP contribution in [0.4, 0.5) is 10.5 Å². The summed E-state index contributed by atoms with van der Waals surface area (Å²) in [5.41, 5.74) is 1.63. The smallest absolute Gasteiger partial charge is 0.321 e. The fourth-order valence-corrected chi connectivity index (χ4v) is 1.86. The van der Waals surface area contributed by atoms with E-state index in [1.165, 1.54) is 0 Å². The van der Waals surface area contributed by atoms with Gasteiger partial charge in [0.25, 0.3) is 0 Å². The van der Waals surface area contributed by atoms with Gasteiger partial charge in [0, 0.05) is 25.9 Å². The number of rotatable bonds is 4. The van der Waals surface area contributed by atoms with Crippen molar-refractivity contribution < 1.29 is 9.53 Å². The SMILES string of the molecule is COc1ccccc1NC(=O)N(C)Cc1cnn(C)c1. The predicted molar refractivity (Wildman–Crippen MR) is 76.7 cm³/mol. The molecule has 0 bridgehead atoms. The number of ether oxygens (including phenoxy) is 1. The van der Waals surface area contributed by atoms with Crippen LogP contribution in [0, 0.1) is 0 Å². The number of hydrogen-bond acceptors (Lipinski definition) is 3. The summed E-state index contributed by atoms with van der Waals surface area (Å²) >= 11 is 0. The van der Waals surface area contributed by atoms with E-state index in [2.05, 4.69) is 10.4 Å². The molecule has 6 heteroatoms. The number of carbonyl (C=O) groups excluding carboxylic acids is 1. The Bertz CT molecular complexity index is 594. The zero-order chi connectivity index (χ0) is 14.5. The number of para-hydroxylation sites is 2. The lowest BCUT2D eigenvalue weighted by molar-refractivity contribution is 0.220. The van der Waals surface area contributed by atoms with Gasteiger partial charge < -0.3 is 15.0 Å². The lowest BCUT2D eigenvalue weighted by Crippen LogP contribution is -2.30. The minimum atomic E-state index is -0.196. The third kappa shape index (κ3) is 3.28. The van der Waals surface area contributed by atoms with E-state index in [-0.39, 0.29) is 6.03 Å². The predicted octanol–water partition coefficient (Wildman–Crippen LogP) is 2.09. The number of benzene rings is 1. The number of amides is 2. The Morgan fingerprint density at radius 1 is 1.45 bits per heavy atom. The van der Waals surface area contributed by atoms with E-state index < -0.39 is 0 Å². The summed E-state index contributed by atoms with van der Waals surface area (Å²) in [7, 11) is 5.15. The van der Waals surface area contributed by atoms with Crippen molar-refractivity contribution in [1.29, 1.82) is 0 Å². The maximum atomic E-state index is 12.1. The monoisotopic (exact) mass is 274 g/mol. The number of hydrogen-bond donors (Lipinski definition) is 1. The van der Waals surface area contributed by atoms with Crippen molar-refractivity contribution in [3.05, 3.63) is 42.2 Å². The van der Waals surface area contributed by atoms with Crippen LogP contribution in [0.1, 0.15) is 5.56 Å². The van der Waals surface area contributed by atoms with Gasteiger partial charge in [0.2, 0.25) is 0 Å². The van der Waals surface area contributed by atoms with Crippen molar-refractivity contribution in [3.8, 4) is 5.75 Å². The number of aromatic nitrogens is 2. The van der Waals surface area contributed by atoms with Crippen molar-refractivity contribution >= 4 is 11.7 Å². The van der Waals surface area contributed by atoms with Crippen molar-refractivity contribution in [2.45, 2.75) is 6.54 Å². The first-order chi connectivity index (χ1) is 9.60. The summed E-state index contributed by atoms with van der Waals surface area (Å²) < 4.78 is 6.91. The summed E-state index contributed by atoms with van der Waals surface area (Å²) in [6.07, 6.45) is 3.62. The molecule has 1 aromatic heterocycles. The van der Waals surface area contributed by atoms with E-state index in [1.54, 1.807) is 42.1 Å². The minimum absolute atomic E-state index is 0.196. The first kappa shape index (κ1) is 13.9. The zero-order valence-corrected chi connectivity index (χ0v) is 11.8. The number of nitrogens with zero attached hydrogens (tertiary/aromatic N) is 3. The van der Waals surface area contributed by atoms with Gasteiger partial charge in [-0.3, -0.25) is 4.68 Å². The number of nitrogens with one attached hydrogen (secondary N) is 1. The highest BCUT2D eigenvalue weighted by atomic mass is 16.5. The molecular weight excluding hydrogens is 256 g/mol. The highest BCUT2D eigenvalue weighted by molar-refractivity contribution is 5.90. The number of methoxy groups -OCH3 is 1. The molecule has 106 valence electrons. The lowest BCUT2D eigenvalue weighted by atomic mass is 10.3. The number of urea groups is 1. The van der Waals surface area contributed by atoms with Gasteiger partial charge in [-0.1, -0.05) is 12.1 Å². The Balaban J connectivity index is 2.00. The molecule has 0 atom stereocenters. The van der Waals surface area contributed by atoms with E-state index >= 15 is 0 Å². The van der Waals surface area contributed by atoms with Crippen molar-refractivity contribution in [1.82, 2.24) is 14.7 Å². The maximum Gasteiger partial charge on any atom is 0.321 e. The normalized spacial score (nSPS) is 10.2. The quantitative estimate of drug-likeness (QED) is 0.928. The summed E-state index contributed by atoms with van der Waals surface area (Å²) in [6, 6.07) is 7.11. The molecule has 0 aliphatic carbocycles. The molecular formula is C14H18N4O2. The average molecular weight is 274 g/mol. The van der Waals surface area contributed by atoms with Gasteiger partial charge in [-0.25, -0.2) is 4.79 Å². The zero-order valence-electron chi connectivity index (χ0n) is 11.8. The average Bonchev–Trinajstić information content (AvgIpc) is 2.84. The van der Waals surface area contributed by atoms with Crippen LogP contribution in [-0.4, -0.2) is 34.9 Å². The molecule has 0 saturated carbocycles. The molecule has 6 nitrogen and oxygen atoms in total. The second-order valence-electron chi connectivity index (χ2n) is 4.51. The van der Waals surface area contributed by atoms with Crippen LogP contribution in [-0.2, 0) is 13.6 Å². The molecule has 0 fully saturated rings. The van der Waals surface area contributed by atoms with Crippen LogP contribution in [0.25, 0.3) is 0 Å². The van der Waals surface area contributed by atoms with E-state index in [9.17, 15) is 4.79 Å². The largest absolute Gasteiger partial charge is 0.495 e. The minimum Gasteiger partial charge on any atom is -0.495 e. The Morgan fingerprint density at radius 3 is 2.85 bits per heavy atom. The Labute approximate surface area is 118 Å². The number of aryl methyl sites for hydroxylation is 1. The van der Waals surface area contributed by atoms with E-state index in [0.29, 0.717) is 18.0 Å². The van der Waals surface area contributed by atoms with Gasteiger partial charge in [0.05, 0.1) is 25.5 Å². The van der Waals surface area contributed by atoms with Crippen molar-refractivity contribution in [3.63, 3.8) is 0 Å². The van der Waals surface area contributed by atoms with E-state index in [4.69, 9.17) is 4.74 Å². The van der Waals surface area contributed by atoms with Crippen LogP contribution in [0.15, 0.2) is 36.7 Å². The van der Waals surface area contributed by atoms with E-state index in [1.807, 2.05) is 25.4 Å². The van der Waals surface area contributed by atoms with Crippen LogP contribution in [0.3, 0.4) is 0 Å². The fourth-order valence-electron chi connectivity index (χ4n) is 1.86. The van der Waals surface area contributed by atoms with Crippen LogP contribution in [0.2, 0.25) is 0 Å². The highest BCUT2D eigenvalue weighted by Crippen LogP contribution is 2.23. The number of anilines is 1. The topological polar surface area (TPSA) is 59.4 Å². The first-order valence-corrected chi connectivity index (χ1v) is 6.23. The van der Waals surface area contributed by atoms with Crippen molar-refractivity contribution in [2.24, 2.45) is 7.05 Å². The Morgan fingerprint density at radius 2 is 2.20 bits per heavy atom. The molecule has 2 amide bonds. The van der Waals surface area contributed by atoms with Gasteiger partial charge in [-0.15, -0.1) is 0 Å². The molecule has 0 saturated heterocycles. The second kappa shape index (κ2) is 6.10. The summed E-state index contributed by atoms with van der Waals surface area (Å²) in [5, 5.41) is 6.90.